The minimum absolute atomic E-state index is 0.390. The quantitative estimate of drug-likeness (QED) is 0.755. The summed E-state index contributed by atoms with van der Waals surface area (Å²) >= 11 is 0. The molecule has 3 heteroatoms. The Kier molecular flexibility index (Phi) is 4.15. The average Bonchev–Trinajstić information content (AvgIpc) is 2.53. The number of hydrogen-bond donors (Lipinski definition) is 1. The molecular weight excluding hydrogens is 188 g/mol. The number of nitrogens with zero attached hydrogens (tertiary/aromatic N) is 1. The third kappa shape index (κ3) is 3.28. The van der Waals surface area contributed by atoms with E-state index in [1.54, 1.807) is 0 Å². The van der Waals surface area contributed by atoms with Crippen molar-refractivity contribution in [2.75, 3.05) is 32.7 Å². The van der Waals surface area contributed by atoms with E-state index >= 15 is 0 Å². The molecular formula is C12H22N2O. The average molecular weight is 210 g/mol. The molecule has 2 aliphatic rings. The van der Waals surface area contributed by atoms with Crippen LogP contribution in [0.2, 0.25) is 0 Å². The Morgan fingerprint density at radius 1 is 1.27 bits per heavy atom. The van der Waals surface area contributed by atoms with Gasteiger partial charge in [0, 0.05) is 25.4 Å². The number of rotatable bonds is 3. The van der Waals surface area contributed by atoms with Crippen LogP contribution < -0.4 is 5.32 Å². The smallest absolute Gasteiger partial charge is 0.136 e. The topological polar surface area (TPSA) is 32.3 Å². The number of Topliss-reactive ketones (excluding diaryl/α,β-unsaturated/α-hetero) is 1. The van der Waals surface area contributed by atoms with Crippen molar-refractivity contribution >= 4 is 5.78 Å². The van der Waals surface area contributed by atoms with Gasteiger partial charge < -0.3 is 10.2 Å². The van der Waals surface area contributed by atoms with Gasteiger partial charge in [0.05, 0.1) is 0 Å². The number of ketones is 1. The zero-order valence-corrected chi connectivity index (χ0v) is 9.50. The molecule has 1 atom stereocenters. The summed E-state index contributed by atoms with van der Waals surface area (Å²) in [5, 5.41) is 3.41. The van der Waals surface area contributed by atoms with E-state index in [9.17, 15) is 4.79 Å². The van der Waals surface area contributed by atoms with Gasteiger partial charge in [0.1, 0.15) is 5.78 Å². The van der Waals surface area contributed by atoms with Crippen molar-refractivity contribution in [2.45, 2.75) is 32.1 Å². The van der Waals surface area contributed by atoms with Gasteiger partial charge in [-0.2, -0.15) is 0 Å². The molecule has 1 aliphatic heterocycles. The minimum atomic E-state index is 0.390. The molecule has 1 saturated heterocycles. The highest BCUT2D eigenvalue weighted by molar-refractivity contribution is 5.82. The number of carbonyl (C=O) groups is 1. The second kappa shape index (κ2) is 5.61. The Morgan fingerprint density at radius 2 is 2.20 bits per heavy atom. The highest BCUT2D eigenvalue weighted by Gasteiger charge is 2.24. The van der Waals surface area contributed by atoms with Crippen molar-refractivity contribution in [1.82, 2.24) is 10.2 Å². The van der Waals surface area contributed by atoms with Crippen LogP contribution in [-0.4, -0.2) is 43.4 Å². The van der Waals surface area contributed by atoms with Gasteiger partial charge in [-0.05, 0) is 45.3 Å². The lowest BCUT2D eigenvalue weighted by molar-refractivity contribution is -0.120. The van der Waals surface area contributed by atoms with E-state index in [-0.39, 0.29) is 0 Å². The van der Waals surface area contributed by atoms with Crippen molar-refractivity contribution in [3.63, 3.8) is 0 Å². The van der Waals surface area contributed by atoms with Crippen LogP contribution in [0.15, 0.2) is 0 Å². The molecule has 2 rings (SSSR count). The lowest BCUT2D eigenvalue weighted by Crippen LogP contribution is -2.30. The lowest BCUT2D eigenvalue weighted by atomic mass is 10.0. The second-order valence-corrected chi connectivity index (χ2v) is 4.79. The predicted octanol–water partition coefficient (Wildman–Crippen LogP) is 1.04. The van der Waals surface area contributed by atoms with Crippen LogP contribution in [0.3, 0.4) is 0 Å². The van der Waals surface area contributed by atoms with Gasteiger partial charge in [0.2, 0.25) is 0 Å². The van der Waals surface area contributed by atoms with Gasteiger partial charge in [-0.3, -0.25) is 4.79 Å². The van der Waals surface area contributed by atoms with Gasteiger partial charge in [-0.15, -0.1) is 0 Å². The number of carbonyl (C=O) groups excluding carboxylic acids is 1. The second-order valence-electron chi connectivity index (χ2n) is 4.79. The van der Waals surface area contributed by atoms with Crippen molar-refractivity contribution in [1.29, 1.82) is 0 Å². The molecule has 86 valence electrons. The fourth-order valence-corrected chi connectivity index (χ4v) is 2.66. The van der Waals surface area contributed by atoms with E-state index in [0.717, 1.165) is 51.9 Å². The number of hydrogen-bond acceptors (Lipinski definition) is 3. The van der Waals surface area contributed by atoms with Gasteiger partial charge in [-0.25, -0.2) is 0 Å². The molecule has 0 radical (unpaired) electrons. The fraction of sp³-hybridized carbons (Fsp3) is 0.917. The summed E-state index contributed by atoms with van der Waals surface area (Å²) in [6, 6.07) is 0. The van der Waals surface area contributed by atoms with Crippen LogP contribution in [0.5, 0.6) is 0 Å². The maximum absolute atomic E-state index is 11.5. The van der Waals surface area contributed by atoms with Crippen molar-refractivity contribution in [3.05, 3.63) is 0 Å². The molecule has 0 bridgehead atoms. The summed E-state index contributed by atoms with van der Waals surface area (Å²) in [6.45, 7) is 5.74. The highest BCUT2D eigenvalue weighted by atomic mass is 16.1. The molecule has 2 fully saturated rings. The van der Waals surface area contributed by atoms with Gasteiger partial charge in [-0.1, -0.05) is 0 Å². The minimum Gasteiger partial charge on any atom is -0.315 e. The standard InChI is InChI=1S/C12H22N2O/c15-12-4-1-3-11(12)5-9-14-8-2-6-13-7-10-14/h11,13H,1-10H2. The van der Waals surface area contributed by atoms with Crippen LogP contribution in [0, 0.1) is 5.92 Å². The van der Waals surface area contributed by atoms with Crippen LogP contribution >= 0.6 is 0 Å². The molecule has 0 spiro atoms. The Labute approximate surface area is 92.2 Å². The Morgan fingerprint density at radius 3 is 3.00 bits per heavy atom. The van der Waals surface area contributed by atoms with Crippen molar-refractivity contribution in [2.24, 2.45) is 5.92 Å². The molecule has 0 aromatic carbocycles. The molecule has 1 N–H and O–H groups in total. The Hall–Kier alpha value is -0.410. The van der Waals surface area contributed by atoms with E-state index in [0.29, 0.717) is 11.7 Å². The monoisotopic (exact) mass is 210 g/mol. The van der Waals surface area contributed by atoms with Gasteiger partial charge in [0.25, 0.3) is 0 Å². The molecule has 1 aliphatic carbocycles. The number of nitrogens with one attached hydrogen (secondary N) is 1. The molecule has 0 aromatic rings. The lowest BCUT2D eigenvalue weighted by Gasteiger charge is -2.20. The Balaban J connectivity index is 1.69. The summed E-state index contributed by atoms with van der Waals surface area (Å²) in [7, 11) is 0. The largest absolute Gasteiger partial charge is 0.315 e. The van der Waals surface area contributed by atoms with E-state index in [1.165, 1.54) is 13.0 Å². The van der Waals surface area contributed by atoms with Gasteiger partial charge >= 0.3 is 0 Å². The zero-order valence-electron chi connectivity index (χ0n) is 9.50. The van der Waals surface area contributed by atoms with E-state index in [1.807, 2.05) is 0 Å². The molecule has 0 aromatic heterocycles. The zero-order chi connectivity index (χ0) is 10.5. The van der Waals surface area contributed by atoms with Crippen LogP contribution in [0.25, 0.3) is 0 Å². The third-order valence-electron chi connectivity index (χ3n) is 3.66. The molecule has 0 amide bonds. The van der Waals surface area contributed by atoms with Crippen molar-refractivity contribution < 1.29 is 4.79 Å². The normalized spacial score (nSPS) is 29.3. The maximum atomic E-state index is 11.5. The third-order valence-corrected chi connectivity index (χ3v) is 3.66. The van der Waals surface area contributed by atoms with Crippen molar-refractivity contribution in [3.8, 4) is 0 Å². The predicted molar refractivity (Wildman–Crippen MR) is 60.9 cm³/mol. The summed E-state index contributed by atoms with van der Waals surface area (Å²) in [4.78, 5) is 14.0. The van der Waals surface area contributed by atoms with Crippen LogP contribution in [0.4, 0.5) is 0 Å². The SMILES string of the molecule is O=C1CCCC1CCN1CCCNCC1. The van der Waals surface area contributed by atoms with E-state index in [2.05, 4.69) is 10.2 Å². The summed E-state index contributed by atoms with van der Waals surface area (Å²) in [6.07, 6.45) is 5.46. The van der Waals surface area contributed by atoms with Crippen LogP contribution in [0.1, 0.15) is 32.1 Å². The molecule has 15 heavy (non-hydrogen) atoms. The molecule has 1 unspecified atom stereocenters. The molecule has 1 heterocycles. The molecule has 3 nitrogen and oxygen atoms in total. The van der Waals surface area contributed by atoms with E-state index in [4.69, 9.17) is 0 Å². The van der Waals surface area contributed by atoms with Crippen LogP contribution in [-0.2, 0) is 4.79 Å². The Bertz CT molecular complexity index is 210. The first-order chi connectivity index (χ1) is 7.36. The molecule has 1 saturated carbocycles. The first-order valence-corrected chi connectivity index (χ1v) is 6.32. The summed E-state index contributed by atoms with van der Waals surface area (Å²) in [5.74, 6) is 0.907. The first-order valence-electron chi connectivity index (χ1n) is 6.32. The first kappa shape index (κ1) is 11.1. The highest BCUT2D eigenvalue weighted by Crippen LogP contribution is 2.24. The maximum Gasteiger partial charge on any atom is 0.136 e. The summed E-state index contributed by atoms with van der Waals surface area (Å²) in [5.41, 5.74) is 0. The fourth-order valence-electron chi connectivity index (χ4n) is 2.66. The summed E-state index contributed by atoms with van der Waals surface area (Å²) < 4.78 is 0. The van der Waals surface area contributed by atoms with E-state index < -0.39 is 0 Å². The van der Waals surface area contributed by atoms with Gasteiger partial charge in [0.15, 0.2) is 0 Å².